The molecule has 0 spiro atoms. The van der Waals surface area contributed by atoms with Crippen LogP contribution in [-0.2, 0) is 14.4 Å². The number of carbonyl (C=O) groups excluding carboxylic acids is 3. The van der Waals surface area contributed by atoms with Gasteiger partial charge in [-0.15, -0.1) is 0 Å². The minimum absolute atomic E-state index is 0. The third kappa shape index (κ3) is 6.59. The molecule has 4 nitrogen and oxygen atoms in total. The van der Waals surface area contributed by atoms with Gasteiger partial charge in [-0.2, -0.15) is 0 Å². The van der Waals surface area contributed by atoms with Gasteiger partial charge in [0.25, 0.3) is 0 Å². The van der Waals surface area contributed by atoms with Crippen LogP contribution < -0.4 is 17.0 Å². The minimum Gasteiger partial charge on any atom is -1.00 e. The van der Waals surface area contributed by atoms with E-state index in [-0.39, 0.29) is 84.0 Å². The first-order valence-electron chi connectivity index (χ1n) is 17.9. The van der Waals surface area contributed by atoms with E-state index in [0.29, 0.717) is 52.9 Å². The van der Waals surface area contributed by atoms with Gasteiger partial charge in [-0.25, -0.2) is 0 Å². The number of ketones is 3. The molecule has 48 heavy (non-hydrogen) atoms. The van der Waals surface area contributed by atoms with E-state index in [2.05, 4.69) is 39.8 Å². The van der Waals surface area contributed by atoms with E-state index in [1.54, 1.807) is 11.1 Å². The Balaban J connectivity index is 0.000000302. The molecule has 0 aromatic rings. The summed E-state index contributed by atoms with van der Waals surface area (Å²) in [6.07, 6.45) is 21.0. The Kier molecular flexibility index (Phi) is 13.7. The Morgan fingerprint density at radius 3 is 1.58 bits per heavy atom. The Morgan fingerprint density at radius 2 is 1.08 bits per heavy atom. The number of aliphatic hydroxyl groups is 1. The number of hydrogen-bond donors (Lipinski definition) is 1. The molecule has 0 aromatic carbocycles. The number of halogens is 1. The monoisotopic (exact) mass is 738 g/mol. The summed E-state index contributed by atoms with van der Waals surface area (Å²) in [5, 5.41) is 10.5. The number of allylic oxidation sites excluding steroid dienone is 4. The van der Waals surface area contributed by atoms with Crippen LogP contribution in [-0.4, -0.2) is 51.1 Å². The van der Waals surface area contributed by atoms with E-state index < -0.39 is 5.60 Å². The summed E-state index contributed by atoms with van der Waals surface area (Å²) in [6, 6.07) is 0. The molecule has 6 fully saturated rings. The van der Waals surface area contributed by atoms with Gasteiger partial charge in [0.05, 0.1) is 5.60 Å². The van der Waals surface area contributed by atoms with Crippen molar-refractivity contribution in [1.29, 1.82) is 0 Å². The standard InChI is InChI=1S/C20H30O2.C19H26O2.2CH4.CH3.BrH.Mg/c1-18(22)10-11-19(2)13(12-18)4-5-14-15-6-7-17(21)20(15,3)9-8-16(14)19;1-18-9-7-13(20)11-12(18)3-4-14-15-5-6-17(21)19(15,2)10-8-16(14)18;;;;;/h8,13-15,22H,4-7,9-12H2,1-3H3;8,12,14-15H,3-7,9-11H2,1-2H3;2*1H4;1H3;1H;/q;;;;-1;;+2/p-1/t13-,14+,15+,18-,19+,20+;12-,14+,15+,18+,19+;;;;;/m11...../s1. The van der Waals surface area contributed by atoms with Crippen molar-refractivity contribution in [3.63, 3.8) is 0 Å². The second-order valence-corrected chi connectivity index (χ2v) is 17.7. The molecule has 11 atom stereocenters. The van der Waals surface area contributed by atoms with E-state index >= 15 is 0 Å². The predicted octanol–water partition coefficient (Wildman–Crippen LogP) is 6.70. The molecule has 0 heterocycles. The third-order valence-corrected chi connectivity index (χ3v) is 15.6. The van der Waals surface area contributed by atoms with Crippen molar-refractivity contribution in [2.75, 3.05) is 0 Å². The van der Waals surface area contributed by atoms with Crippen molar-refractivity contribution < 1.29 is 36.5 Å². The van der Waals surface area contributed by atoms with Crippen molar-refractivity contribution in [2.45, 2.75) is 158 Å². The summed E-state index contributed by atoms with van der Waals surface area (Å²) in [4.78, 5) is 36.6. The first kappa shape index (κ1) is 43.9. The molecule has 6 heteroatoms. The van der Waals surface area contributed by atoms with Crippen molar-refractivity contribution in [3.05, 3.63) is 30.7 Å². The normalized spacial score (nSPS) is 46.4. The van der Waals surface area contributed by atoms with E-state index in [1.165, 1.54) is 25.7 Å². The molecule has 0 unspecified atom stereocenters. The molecule has 8 aliphatic rings. The van der Waals surface area contributed by atoms with Crippen LogP contribution in [0.3, 0.4) is 0 Å². The molecule has 0 saturated heterocycles. The van der Waals surface area contributed by atoms with Gasteiger partial charge in [0.1, 0.15) is 17.3 Å². The van der Waals surface area contributed by atoms with Crippen LogP contribution in [0.4, 0.5) is 0 Å². The predicted molar refractivity (Wildman–Crippen MR) is 195 cm³/mol. The van der Waals surface area contributed by atoms with Crippen LogP contribution in [0.25, 0.3) is 0 Å². The molecule has 268 valence electrons. The summed E-state index contributed by atoms with van der Waals surface area (Å²) in [5.41, 5.74) is 3.19. The van der Waals surface area contributed by atoms with Crippen LogP contribution in [0.1, 0.15) is 152 Å². The molecule has 8 rings (SSSR count). The van der Waals surface area contributed by atoms with Crippen molar-refractivity contribution in [1.82, 2.24) is 0 Å². The van der Waals surface area contributed by atoms with Gasteiger partial charge in [0.2, 0.25) is 0 Å². The molecule has 0 aromatic heterocycles. The number of Topliss-reactive ketones (excluding diaryl/α,β-unsaturated/α-hetero) is 3. The molecular weight excluding hydrogens is 673 g/mol. The minimum atomic E-state index is -0.468. The zero-order chi connectivity index (χ0) is 30.6. The quantitative estimate of drug-likeness (QED) is 0.171. The summed E-state index contributed by atoms with van der Waals surface area (Å²) in [6.45, 7) is 11.3. The van der Waals surface area contributed by atoms with Crippen LogP contribution in [0.5, 0.6) is 0 Å². The van der Waals surface area contributed by atoms with E-state index in [0.717, 1.165) is 77.0 Å². The molecule has 1 N–H and O–H groups in total. The molecule has 0 bridgehead atoms. The fourth-order valence-electron chi connectivity index (χ4n) is 12.6. The number of carbonyl (C=O) groups is 3. The second kappa shape index (κ2) is 15.0. The Hall–Kier alpha value is -0.304. The zero-order valence-electron chi connectivity index (χ0n) is 29.7. The van der Waals surface area contributed by atoms with Gasteiger partial charge in [-0.1, -0.05) is 65.8 Å². The maximum Gasteiger partial charge on any atom is 2.00 e. The average molecular weight is 740 g/mol. The van der Waals surface area contributed by atoms with Crippen LogP contribution in [0.15, 0.2) is 23.3 Å². The Bertz CT molecular complexity index is 1300. The van der Waals surface area contributed by atoms with Gasteiger partial charge < -0.3 is 29.5 Å². The summed E-state index contributed by atoms with van der Waals surface area (Å²) in [7, 11) is 0. The maximum absolute atomic E-state index is 12.4. The number of rotatable bonds is 0. The van der Waals surface area contributed by atoms with Crippen molar-refractivity contribution in [2.24, 2.45) is 57.2 Å². The smallest absolute Gasteiger partial charge is 1.00 e. The van der Waals surface area contributed by atoms with Crippen LogP contribution in [0.2, 0.25) is 0 Å². The Labute approximate surface area is 320 Å². The van der Waals surface area contributed by atoms with Gasteiger partial charge >= 0.3 is 23.1 Å². The van der Waals surface area contributed by atoms with E-state index in [1.807, 2.05) is 6.92 Å². The molecule has 6 saturated carbocycles. The molecule has 0 amide bonds. The van der Waals surface area contributed by atoms with E-state index in [4.69, 9.17) is 0 Å². The van der Waals surface area contributed by atoms with Crippen LogP contribution >= 0.6 is 0 Å². The van der Waals surface area contributed by atoms with Gasteiger partial charge in [0, 0.05) is 36.5 Å². The fourth-order valence-corrected chi connectivity index (χ4v) is 12.6. The summed E-state index contributed by atoms with van der Waals surface area (Å²) < 4.78 is 0. The first-order chi connectivity index (χ1) is 20.2. The fraction of sp³-hybridized carbons (Fsp3) is 0.810. The summed E-state index contributed by atoms with van der Waals surface area (Å²) >= 11 is 0. The zero-order valence-corrected chi connectivity index (χ0v) is 32.7. The largest absolute Gasteiger partial charge is 2.00 e. The van der Waals surface area contributed by atoms with Gasteiger partial charge in [-0.05, 0) is 130 Å². The third-order valence-electron chi connectivity index (χ3n) is 15.6. The van der Waals surface area contributed by atoms with E-state index in [9.17, 15) is 19.5 Å². The van der Waals surface area contributed by atoms with Crippen molar-refractivity contribution >= 4 is 40.4 Å². The molecular formula is C42H67BrMgO4. The second-order valence-electron chi connectivity index (χ2n) is 17.7. The maximum atomic E-state index is 12.4. The number of hydrogen-bond acceptors (Lipinski definition) is 4. The van der Waals surface area contributed by atoms with Crippen LogP contribution in [0, 0.1) is 64.6 Å². The SMILES string of the molecule is C.C.C[C@@]1(O)CC[C@]2(C)C3=CC[C@]4(C)C(=O)CC[C@H]4[C@@H]3CC[C@@H]2C1.C[C@]12CCC(=O)C[C@H]1CC[C@@H]1C2=CC[C@]2(C)C(=O)CC[C@@H]12.[Br-].[CH3-].[Mg+2]. The molecule has 8 aliphatic carbocycles. The number of fused-ring (bicyclic) bond motifs is 10. The van der Waals surface area contributed by atoms with Gasteiger partial charge in [-0.3, -0.25) is 14.4 Å². The molecule has 0 radical (unpaired) electrons. The summed E-state index contributed by atoms with van der Waals surface area (Å²) in [5.74, 6) is 5.05. The molecule has 0 aliphatic heterocycles. The first-order valence-corrected chi connectivity index (χ1v) is 17.9. The van der Waals surface area contributed by atoms with Gasteiger partial charge in [0.15, 0.2) is 0 Å². The Morgan fingerprint density at radius 1 is 0.625 bits per heavy atom. The average Bonchev–Trinajstić information content (AvgIpc) is 3.44. The van der Waals surface area contributed by atoms with Crippen molar-refractivity contribution in [3.8, 4) is 0 Å². The topological polar surface area (TPSA) is 71.4 Å².